The second-order valence-corrected chi connectivity index (χ2v) is 7.30. The SMILES string of the molecule is O=C(CSc1nnc(Cc2ccccc2)o1)NCCc1c[nH]c2ccccc12. The lowest BCUT2D eigenvalue weighted by Gasteiger charge is -2.03. The third-order valence-electron chi connectivity index (χ3n) is 4.36. The second-order valence-electron chi connectivity index (χ2n) is 6.37. The molecule has 2 heterocycles. The van der Waals surface area contributed by atoms with Crippen molar-refractivity contribution in [3.05, 3.63) is 77.8 Å². The number of hydrogen-bond acceptors (Lipinski definition) is 5. The van der Waals surface area contributed by atoms with Crippen molar-refractivity contribution in [1.29, 1.82) is 0 Å². The number of benzene rings is 2. The van der Waals surface area contributed by atoms with Crippen molar-refractivity contribution in [3.63, 3.8) is 0 Å². The number of rotatable bonds is 8. The van der Waals surface area contributed by atoms with Gasteiger partial charge in [-0.05, 0) is 23.6 Å². The van der Waals surface area contributed by atoms with Gasteiger partial charge < -0.3 is 14.7 Å². The Morgan fingerprint density at radius 2 is 1.89 bits per heavy atom. The van der Waals surface area contributed by atoms with E-state index in [2.05, 4.69) is 26.6 Å². The molecule has 0 saturated carbocycles. The van der Waals surface area contributed by atoms with E-state index in [0.29, 0.717) is 24.1 Å². The van der Waals surface area contributed by atoms with Gasteiger partial charge in [0, 0.05) is 23.6 Å². The number of para-hydroxylation sites is 1. The van der Waals surface area contributed by atoms with Crippen LogP contribution >= 0.6 is 11.8 Å². The molecule has 0 aliphatic rings. The van der Waals surface area contributed by atoms with Crippen LogP contribution in [0.2, 0.25) is 0 Å². The summed E-state index contributed by atoms with van der Waals surface area (Å²) in [5.41, 5.74) is 3.42. The van der Waals surface area contributed by atoms with Gasteiger partial charge in [0.25, 0.3) is 5.22 Å². The molecule has 0 unspecified atom stereocenters. The molecule has 0 spiro atoms. The first kappa shape index (κ1) is 18.3. The topological polar surface area (TPSA) is 83.8 Å². The van der Waals surface area contributed by atoms with Crippen molar-refractivity contribution in [1.82, 2.24) is 20.5 Å². The number of aromatic amines is 1. The molecule has 0 radical (unpaired) electrons. The van der Waals surface area contributed by atoms with Crippen LogP contribution in [0.25, 0.3) is 10.9 Å². The molecule has 4 aromatic rings. The van der Waals surface area contributed by atoms with E-state index in [4.69, 9.17) is 4.42 Å². The molecular weight excluding hydrogens is 372 g/mol. The lowest BCUT2D eigenvalue weighted by Crippen LogP contribution is -2.27. The minimum Gasteiger partial charge on any atom is -0.416 e. The van der Waals surface area contributed by atoms with Gasteiger partial charge in [-0.3, -0.25) is 4.79 Å². The number of hydrogen-bond donors (Lipinski definition) is 2. The molecule has 2 aromatic carbocycles. The molecular formula is C21H20N4O2S. The van der Waals surface area contributed by atoms with Gasteiger partial charge in [0.2, 0.25) is 11.8 Å². The maximum absolute atomic E-state index is 12.1. The molecule has 4 rings (SSSR count). The molecule has 2 aromatic heterocycles. The lowest BCUT2D eigenvalue weighted by molar-refractivity contribution is -0.118. The predicted molar refractivity (Wildman–Crippen MR) is 109 cm³/mol. The fraction of sp³-hybridized carbons (Fsp3) is 0.190. The van der Waals surface area contributed by atoms with Crippen LogP contribution in [0, 0.1) is 0 Å². The summed E-state index contributed by atoms with van der Waals surface area (Å²) in [6.07, 6.45) is 3.37. The van der Waals surface area contributed by atoms with E-state index in [9.17, 15) is 4.79 Å². The molecule has 142 valence electrons. The van der Waals surface area contributed by atoms with Crippen LogP contribution in [0.4, 0.5) is 0 Å². The van der Waals surface area contributed by atoms with E-state index in [1.54, 1.807) is 0 Å². The summed E-state index contributed by atoms with van der Waals surface area (Å²) in [7, 11) is 0. The molecule has 0 bridgehead atoms. The van der Waals surface area contributed by atoms with Crippen molar-refractivity contribution in [2.75, 3.05) is 12.3 Å². The normalized spacial score (nSPS) is 11.0. The molecule has 2 N–H and O–H groups in total. The Morgan fingerprint density at radius 3 is 2.79 bits per heavy atom. The lowest BCUT2D eigenvalue weighted by atomic mass is 10.1. The number of fused-ring (bicyclic) bond motifs is 1. The average molecular weight is 392 g/mol. The summed E-state index contributed by atoms with van der Waals surface area (Å²) in [6.45, 7) is 0.588. The number of aromatic nitrogens is 3. The van der Waals surface area contributed by atoms with E-state index in [1.165, 1.54) is 22.7 Å². The third kappa shape index (κ3) is 4.61. The first-order chi connectivity index (χ1) is 13.8. The zero-order chi connectivity index (χ0) is 19.2. The minimum atomic E-state index is -0.0485. The third-order valence-corrected chi connectivity index (χ3v) is 5.18. The van der Waals surface area contributed by atoms with E-state index >= 15 is 0 Å². The second kappa shape index (κ2) is 8.75. The summed E-state index contributed by atoms with van der Waals surface area (Å²) >= 11 is 1.25. The van der Waals surface area contributed by atoms with E-state index < -0.39 is 0 Å². The Hall–Kier alpha value is -3.06. The Bertz CT molecular complexity index is 1060. The van der Waals surface area contributed by atoms with Crippen LogP contribution in [0.3, 0.4) is 0 Å². The highest BCUT2D eigenvalue weighted by molar-refractivity contribution is 7.99. The molecule has 0 aliphatic carbocycles. The zero-order valence-electron chi connectivity index (χ0n) is 15.2. The Kier molecular flexibility index (Phi) is 5.72. The average Bonchev–Trinajstić information content (AvgIpc) is 3.34. The maximum Gasteiger partial charge on any atom is 0.277 e. The van der Waals surface area contributed by atoms with Crippen molar-refractivity contribution in [2.24, 2.45) is 0 Å². The van der Waals surface area contributed by atoms with Gasteiger partial charge in [0.15, 0.2) is 0 Å². The molecule has 1 amide bonds. The number of nitrogens with zero attached hydrogens (tertiary/aromatic N) is 2. The standard InChI is InChI=1S/C21H20N4O2S/c26-19(22-11-10-16-13-23-18-9-5-4-8-17(16)18)14-28-21-25-24-20(27-21)12-15-6-2-1-3-7-15/h1-9,13,23H,10-12,14H2,(H,22,26). The van der Waals surface area contributed by atoms with E-state index in [1.807, 2.05) is 54.7 Å². The predicted octanol–water partition coefficient (Wildman–Crippen LogP) is 3.59. The summed E-state index contributed by atoms with van der Waals surface area (Å²) in [5, 5.41) is 12.6. The van der Waals surface area contributed by atoms with Crippen LogP contribution in [-0.4, -0.2) is 33.4 Å². The molecule has 0 atom stereocenters. The zero-order valence-corrected chi connectivity index (χ0v) is 16.0. The van der Waals surface area contributed by atoms with Crippen LogP contribution in [-0.2, 0) is 17.6 Å². The number of carbonyl (C=O) groups is 1. The smallest absolute Gasteiger partial charge is 0.277 e. The fourth-order valence-corrected chi connectivity index (χ4v) is 3.60. The summed E-state index contributed by atoms with van der Waals surface area (Å²) in [6, 6.07) is 18.1. The van der Waals surface area contributed by atoms with Crippen LogP contribution < -0.4 is 5.32 Å². The number of thioether (sulfide) groups is 1. The largest absolute Gasteiger partial charge is 0.416 e. The van der Waals surface area contributed by atoms with Gasteiger partial charge in [0.05, 0.1) is 12.2 Å². The molecule has 28 heavy (non-hydrogen) atoms. The van der Waals surface area contributed by atoms with Gasteiger partial charge in [-0.1, -0.05) is 60.3 Å². The summed E-state index contributed by atoms with van der Waals surface area (Å²) in [5.74, 6) is 0.752. The number of carbonyl (C=O) groups excluding carboxylic acids is 1. The Morgan fingerprint density at radius 1 is 1.07 bits per heavy atom. The van der Waals surface area contributed by atoms with Crippen LogP contribution in [0.5, 0.6) is 0 Å². The van der Waals surface area contributed by atoms with E-state index in [0.717, 1.165) is 17.5 Å². The van der Waals surface area contributed by atoms with Crippen molar-refractivity contribution >= 4 is 28.6 Å². The van der Waals surface area contributed by atoms with Gasteiger partial charge >= 0.3 is 0 Å². The highest BCUT2D eigenvalue weighted by Gasteiger charge is 2.10. The van der Waals surface area contributed by atoms with Crippen LogP contribution in [0.15, 0.2) is 70.4 Å². The van der Waals surface area contributed by atoms with Crippen molar-refractivity contribution in [3.8, 4) is 0 Å². The molecule has 0 fully saturated rings. The highest BCUT2D eigenvalue weighted by Crippen LogP contribution is 2.19. The number of nitrogens with one attached hydrogen (secondary N) is 2. The van der Waals surface area contributed by atoms with Crippen molar-refractivity contribution in [2.45, 2.75) is 18.1 Å². The minimum absolute atomic E-state index is 0.0485. The Balaban J connectivity index is 1.21. The Labute approximate surface area is 166 Å². The fourth-order valence-electron chi connectivity index (χ4n) is 2.99. The highest BCUT2D eigenvalue weighted by atomic mass is 32.2. The number of H-pyrrole nitrogens is 1. The quantitative estimate of drug-likeness (QED) is 0.448. The summed E-state index contributed by atoms with van der Waals surface area (Å²) < 4.78 is 5.61. The summed E-state index contributed by atoms with van der Waals surface area (Å²) in [4.78, 5) is 15.3. The van der Waals surface area contributed by atoms with Gasteiger partial charge in [-0.15, -0.1) is 10.2 Å². The monoisotopic (exact) mass is 392 g/mol. The van der Waals surface area contributed by atoms with Crippen molar-refractivity contribution < 1.29 is 9.21 Å². The van der Waals surface area contributed by atoms with Crippen LogP contribution in [0.1, 0.15) is 17.0 Å². The molecule has 7 heteroatoms. The molecule has 6 nitrogen and oxygen atoms in total. The maximum atomic E-state index is 12.1. The van der Waals surface area contributed by atoms with E-state index in [-0.39, 0.29) is 11.7 Å². The first-order valence-electron chi connectivity index (χ1n) is 9.09. The molecule has 0 saturated heterocycles. The molecule has 0 aliphatic heterocycles. The number of amides is 1. The van der Waals surface area contributed by atoms with Gasteiger partial charge in [0.1, 0.15) is 0 Å². The first-order valence-corrected chi connectivity index (χ1v) is 10.1. The van der Waals surface area contributed by atoms with Gasteiger partial charge in [-0.2, -0.15) is 0 Å². The van der Waals surface area contributed by atoms with Gasteiger partial charge in [-0.25, -0.2) is 0 Å².